The third kappa shape index (κ3) is 4.03. The number of hydrogen-bond donors (Lipinski definition) is 2. The Kier molecular flexibility index (Phi) is 5.20. The van der Waals surface area contributed by atoms with Crippen LogP contribution in [0.1, 0.15) is 90.5 Å². The van der Waals surface area contributed by atoms with Crippen LogP contribution in [0.2, 0.25) is 0 Å². The summed E-state index contributed by atoms with van der Waals surface area (Å²) in [6.45, 7) is 0.479. The maximum absolute atomic E-state index is 13.6. The third-order valence-corrected chi connectivity index (χ3v) is 8.55. The number of amides is 2. The summed E-state index contributed by atoms with van der Waals surface area (Å²) in [7, 11) is 0. The van der Waals surface area contributed by atoms with E-state index >= 15 is 0 Å². The van der Waals surface area contributed by atoms with Gasteiger partial charge < -0.3 is 20.5 Å². The van der Waals surface area contributed by atoms with Crippen LogP contribution < -0.4 is 20.5 Å². The lowest BCUT2D eigenvalue weighted by atomic mass is 9.91. The summed E-state index contributed by atoms with van der Waals surface area (Å²) in [4.78, 5) is 33.2. The van der Waals surface area contributed by atoms with E-state index in [0.717, 1.165) is 61.8 Å². The van der Waals surface area contributed by atoms with Crippen molar-refractivity contribution in [3.8, 4) is 11.5 Å². The van der Waals surface area contributed by atoms with Crippen molar-refractivity contribution in [1.29, 1.82) is 0 Å². The average Bonchev–Trinajstić information content (AvgIpc) is 3.63. The van der Waals surface area contributed by atoms with Crippen LogP contribution in [0.25, 0.3) is 0 Å². The van der Waals surface area contributed by atoms with Gasteiger partial charge in [0, 0.05) is 36.0 Å². The van der Waals surface area contributed by atoms with Gasteiger partial charge in [-0.1, -0.05) is 18.6 Å². The molecule has 1 spiro atoms. The topological polar surface area (TPSA) is 106 Å². The van der Waals surface area contributed by atoms with Gasteiger partial charge in [0.1, 0.15) is 17.1 Å². The van der Waals surface area contributed by atoms with Gasteiger partial charge in [0.2, 0.25) is 5.91 Å². The van der Waals surface area contributed by atoms with Crippen LogP contribution in [-0.4, -0.2) is 40.9 Å². The Morgan fingerprint density at radius 1 is 1.03 bits per heavy atom. The van der Waals surface area contributed by atoms with Gasteiger partial charge in [-0.3, -0.25) is 14.5 Å². The second-order valence-corrected chi connectivity index (χ2v) is 11.1. The normalized spacial score (nSPS) is 27.8. The molecule has 5 heterocycles. The molecule has 0 aromatic heterocycles. The fourth-order valence-electron chi connectivity index (χ4n) is 6.41. The highest BCUT2D eigenvalue weighted by Crippen LogP contribution is 2.52. The SMILES string of the molecule is NC1=NC2CCCCc3ccc4c(c3)C(CC3(CC3)O4)NC(=O)c3ccc4c(c3)[C@@H](CCO4)N1C(=O)C2. The molecule has 0 saturated heterocycles. The molecule has 6 bridgehead atoms. The van der Waals surface area contributed by atoms with E-state index in [0.29, 0.717) is 30.8 Å². The standard InChI is InChI=1S/C29H32N4O4/c30-28-31-19-4-2-1-3-17-5-7-25-20(13-17)22(16-29(37-25)10-11-29)32-27(35)18-6-8-24-21(14-18)23(9-12-36-24)33(28)26(34)15-19/h5-8,13-14,19,22-23H,1-4,9-12,15-16H2,(H2,30,31)(H,32,35)/t19?,22?,23-/m1/s1. The highest BCUT2D eigenvalue weighted by atomic mass is 16.5. The van der Waals surface area contributed by atoms with Crippen molar-refractivity contribution >= 4 is 17.8 Å². The molecule has 1 saturated carbocycles. The number of nitrogens with two attached hydrogens (primary N) is 1. The molecule has 2 amide bonds. The van der Waals surface area contributed by atoms with Gasteiger partial charge in [0.15, 0.2) is 5.96 Å². The molecule has 2 aromatic rings. The highest BCUT2D eigenvalue weighted by Gasteiger charge is 2.51. The van der Waals surface area contributed by atoms with Gasteiger partial charge in [-0.25, -0.2) is 4.99 Å². The van der Waals surface area contributed by atoms with Gasteiger partial charge in [0.25, 0.3) is 5.91 Å². The molecule has 2 unspecified atom stereocenters. The Morgan fingerprint density at radius 3 is 2.73 bits per heavy atom. The average molecular weight is 501 g/mol. The lowest BCUT2D eigenvalue weighted by Crippen LogP contribution is -2.50. The molecule has 5 aliphatic heterocycles. The van der Waals surface area contributed by atoms with Gasteiger partial charge in [0.05, 0.1) is 24.7 Å². The number of guanidine groups is 1. The number of nitrogens with one attached hydrogen (secondary N) is 1. The van der Waals surface area contributed by atoms with E-state index in [4.69, 9.17) is 20.2 Å². The van der Waals surface area contributed by atoms with Crippen LogP contribution in [0.15, 0.2) is 41.4 Å². The summed E-state index contributed by atoms with van der Waals surface area (Å²) in [5.41, 5.74) is 9.88. The van der Waals surface area contributed by atoms with E-state index in [-0.39, 0.29) is 41.5 Å². The number of benzene rings is 2. The summed E-state index contributed by atoms with van der Waals surface area (Å²) >= 11 is 0. The largest absolute Gasteiger partial charge is 0.493 e. The van der Waals surface area contributed by atoms with Crippen molar-refractivity contribution in [3.63, 3.8) is 0 Å². The van der Waals surface area contributed by atoms with Crippen LogP contribution in [0, 0.1) is 0 Å². The van der Waals surface area contributed by atoms with E-state index in [2.05, 4.69) is 23.5 Å². The molecule has 37 heavy (non-hydrogen) atoms. The minimum atomic E-state index is -0.298. The molecular weight excluding hydrogens is 468 g/mol. The Balaban J connectivity index is 1.29. The van der Waals surface area contributed by atoms with Crippen molar-refractivity contribution in [1.82, 2.24) is 10.2 Å². The summed E-state index contributed by atoms with van der Waals surface area (Å²) in [5.74, 6) is 1.69. The molecule has 1 aliphatic carbocycles. The highest BCUT2D eigenvalue weighted by molar-refractivity contribution is 5.99. The molecule has 192 valence electrons. The fraction of sp³-hybridized carbons (Fsp3) is 0.483. The molecule has 3 atom stereocenters. The van der Waals surface area contributed by atoms with Crippen molar-refractivity contribution < 1.29 is 19.1 Å². The molecular formula is C29H32N4O4. The molecule has 2 aromatic carbocycles. The quantitative estimate of drug-likeness (QED) is 0.570. The number of carbonyl (C=O) groups excluding carboxylic acids is 2. The fourth-order valence-corrected chi connectivity index (χ4v) is 6.41. The lowest BCUT2D eigenvalue weighted by molar-refractivity contribution is -0.130. The minimum Gasteiger partial charge on any atom is -0.493 e. The molecule has 3 N–H and O–H groups in total. The first-order chi connectivity index (χ1) is 18.0. The van der Waals surface area contributed by atoms with Crippen LogP contribution in [-0.2, 0) is 11.2 Å². The molecule has 1 fully saturated rings. The van der Waals surface area contributed by atoms with Crippen LogP contribution in [0.4, 0.5) is 0 Å². The van der Waals surface area contributed by atoms with E-state index in [1.165, 1.54) is 5.56 Å². The number of nitrogens with zero attached hydrogens (tertiary/aromatic N) is 2. The molecule has 8 nitrogen and oxygen atoms in total. The first kappa shape index (κ1) is 22.6. The second kappa shape index (κ2) is 8.50. The van der Waals surface area contributed by atoms with E-state index in [1.807, 2.05) is 12.1 Å². The molecule has 0 radical (unpaired) electrons. The third-order valence-electron chi connectivity index (χ3n) is 8.55. The van der Waals surface area contributed by atoms with E-state index < -0.39 is 0 Å². The monoisotopic (exact) mass is 500 g/mol. The van der Waals surface area contributed by atoms with Gasteiger partial charge in [-0.15, -0.1) is 0 Å². The van der Waals surface area contributed by atoms with Crippen LogP contribution in [0.3, 0.4) is 0 Å². The summed E-state index contributed by atoms with van der Waals surface area (Å²) in [5, 5.41) is 3.31. The first-order valence-electron chi connectivity index (χ1n) is 13.5. The van der Waals surface area contributed by atoms with Crippen LogP contribution in [0.5, 0.6) is 11.5 Å². The van der Waals surface area contributed by atoms with Crippen molar-refractivity contribution in [3.05, 3.63) is 58.7 Å². The van der Waals surface area contributed by atoms with Gasteiger partial charge >= 0.3 is 0 Å². The Bertz CT molecular complexity index is 1320. The zero-order chi connectivity index (χ0) is 25.1. The zero-order valence-corrected chi connectivity index (χ0v) is 20.9. The Labute approximate surface area is 216 Å². The van der Waals surface area contributed by atoms with Gasteiger partial charge in [-0.2, -0.15) is 0 Å². The smallest absolute Gasteiger partial charge is 0.251 e. The Hall–Kier alpha value is -3.55. The van der Waals surface area contributed by atoms with Gasteiger partial charge in [-0.05, 0) is 61.9 Å². The molecule has 8 heteroatoms. The maximum atomic E-state index is 13.6. The number of ether oxygens (including phenoxy) is 2. The van der Waals surface area contributed by atoms with Crippen molar-refractivity contribution in [2.24, 2.45) is 10.7 Å². The second-order valence-electron chi connectivity index (χ2n) is 11.1. The molecule has 8 rings (SSSR count). The summed E-state index contributed by atoms with van der Waals surface area (Å²) in [6.07, 6.45) is 7.51. The van der Waals surface area contributed by atoms with Crippen molar-refractivity contribution in [2.75, 3.05) is 6.61 Å². The minimum absolute atomic E-state index is 0.0107. The van der Waals surface area contributed by atoms with E-state index in [9.17, 15) is 9.59 Å². The predicted molar refractivity (Wildman–Crippen MR) is 138 cm³/mol. The summed E-state index contributed by atoms with van der Waals surface area (Å²) in [6, 6.07) is 11.4. The number of hydrogen-bond acceptors (Lipinski definition) is 6. The number of aryl methyl sites for hydroxylation is 1. The Morgan fingerprint density at radius 2 is 1.89 bits per heavy atom. The number of fused-ring (bicyclic) bond motifs is 5. The van der Waals surface area contributed by atoms with Crippen molar-refractivity contribution in [2.45, 2.75) is 81.5 Å². The number of aliphatic imine (C=N–C) groups is 1. The predicted octanol–water partition coefficient (Wildman–Crippen LogP) is 3.94. The number of rotatable bonds is 0. The number of carbonyl (C=O) groups is 2. The van der Waals surface area contributed by atoms with E-state index in [1.54, 1.807) is 11.0 Å². The molecule has 6 aliphatic rings. The lowest BCUT2D eigenvalue weighted by Gasteiger charge is -2.38. The van der Waals surface area contributed by atoms with Crippen LogP contribution >= 0.6 is 0 Å². The first-order valence-corrected chi connectivity index (χ1v) is 13.5. The maximum Gasteiger partial charge on any atom is 0.251 e. The zero-order valence-electron chi connectivity index (χ0n) is 20.9. The summed E-state index contributed by atoms with van der Waals surface area (Å²) < 4.78 is 12.3.